The number of likely N-dealkylation sites (tertiary alicyclic amines) is 1. The molecule has 0 spiro atoms. The first kappa shape index (κ1) is 37.3. The van der Waals surface area contributed by atoms with Crippen molar-refractivity contribution in [3.05, 3.63) is 78.4 Å². The molecule has 272 valence electrons. The highest BCUT2D eigenvalue weighted by Crippen LogP contribution is 2.40. The van der Waals surface area contributed by atoms with Crippen LogP contribution in [-0.4, -0.2) is 82.0 Å². The lowest BCUT2D eigenvalue weighted by Crippen LogP contribution is -2.60. The van der Waals surface area contributed by atoms with E-state index < -0.39 is 66.4 Å². The number of nitrogens with two attached hydrogens (primary N) is 1. The van der Waals surface area contributed by atoms with Crippen LogP contribution < -0.4 is 26.4 Å². The van der Waals surface area contributed by atoms with Gasteiger partial charge in [0.1, 0.15) is 17.8 Å². The Bertz CT molecular complexity index is 1720. The van der Waals surface area contributed by atoms with Gasteiger partial charge in [-0.2, -0.15) is 0 Å². The molecule has 1 aliphatic carbocycles. The Morgan fingerprint density at radius 2 is 1.61 bits per heavy atom. The lowest BCUT2D eigenvalue weighted by molar-refractivity contribution is -0.150. The SMILES string of the molecule is CC(C)(C)NC(=O)[C@@H]1C[C@@H]2CCCC[C@@H]2N1C(=O)[C@@H](O)[C@H](Cc1ccccc1)NC(=O)[C@H](CC(N)=O)NC(=O)COc1cccc2ccccc12. The van der Waals surface area contributed by atoms with E-state index in [1.165, 1.54) is 4.90 Å². The number of carbonyl (C=O) groups excluding carboxylic acids is 5. The van der Waals surface area contributed by atoms with Crippen LogP contribution in [0.5, 0.6) is 5.75 Å². The number of nitrogens with zero attached hydrogens (tertiary/aromatic N) is 1. The Labute approximate surface area is 298 Å². The molecular weight excluding hydrogens is 650 g/mol. The molecular formula is C39H49N5O7. The first-order valence-corrected chi connectivity index (χ1v) is 17.7. The maximum Gasteiger partial charge on any atom is 0.258 e. The van der Waals surface area contributed by atoms with Crippen LogP contribution in [0.15, 0.2) is 72.8 Å². The molecule has 1 heterocycles. The van der Waals surface area contributed by atoms with Crippen molar-refractivity contribution < 1.29 is 33.8 Å². The summed E-state index contributed by atoms with van der Waals surface area (Å²) in [6.07, 6.45) is 1.79. The van der Waals surface area contributed by atoms with Crippen LogP contribution in [0.25, 0.3) is 10.8 Å². The molecule has 3 aromatic rings. The molecule has 2 aliphatic rings. The highest BCUT2D eigenvalue weighted by Gasteiger charge is 2.50. The zero-order valence-corrected chi connectivity index (χ0v) is 29.5. The van der Waals surface area contributed by atoms with Gasteiger partial charge >= 0.3 is 0 Å². The van der Waals surface area contributed by atoms with Crippen LogP contribution in [0.2, 0.25) is 0 Å². The first-order chi connectivity index (χ1) is 24.3. The number of primary amides is 1. The van der Waals surface area contributed by atoms with Crippen molar-refractivity contribution >= 4 is 40.3 Å². The number of carbonyl (C=O) groups is 5. The number of aliphatic hydroxyl groups excluding tert-OH is 1. The second kappa shape index (κ2) is 16.4. The standard InChI is InChI=1S/C39H49N5O7/c1-39(2,3)43-37(49)31-21-26-15-8-10-18-30(26)44(31)38(50)35(47)28(20-24-12-5-4-6-13-24)42-36(48)29(22-33(40)45)41-34(46)23-51-32-19-11-16-25-14-7-9-17-27(25)32/h4-7,9,11-14,16-17,19,26,28-31,35,47H,8,10,15,18,20-23H2,1-3H3,(H2,40,45)(H,41,46)(H,42,48)(H,43,49)/t26-,28-,29-,30-,31-,35-/m0/s1. The van der Waals surface area contributed by atoms with Gasteiger partial charge in [-0.3, -0.25) is 24.0 Å². The zero-order valence-electron chi connectivity index (χ0n) is 29.5. The molecule has 5 rings (SSSR count). The fraction of sp³-hybridized carbons (Fsp3) is 0.462. The summed E-state index contributed by atoms with van der Waals surface area (Å²) in [5.74, 6) is -2.66. The van der Waals surface area contributed by atoms with Gasteiger partial charge in [0.15, 0.2) is 12.7 Å². The minimum atomic E-state index is -1.74. The van der Waals surface area contributed by atoms with E-state index in [0.29, 0.717) is 18.6 Å². The van der Waals surface area contributed by atoms with E-state index in [1.807, 2.05) is 57.2 Å². The molecule has 0 unspecified atom stereocenters. The zero-order chi connectivity index (χ0) is 36.7. The van der Waals surface area contributed by atoms with Gasteiger partial charge in [0, 0.05) is 17.0 Å². The summed E-state index contributed by atoms with van der Waals surface area (Å²) in [6, 6.07) is 18.4. The highest BCUT2D eigenvalue weighted by molar-refractivity contribution is 5.94. The Balaban J connectivity index is 1.34. The molecule has 1 aliphatic heterocycles. The molecule has 12 nitrogen and oxygen atoms in total. The predicted octanol–water partition coefficient (Wildman–Crippen LogP) is 2.74. The third-order valence-corrected chi connectivity index (χ3v) is 9.57. The van der Waals surface area contributed by atoms with Crippen molar-refractivity contribution in [2.45, 2.75) is 102 Å². The van der Waals surface area contributed by atoms with Crippen molar-refractivity contribution in [2.24, 2.45) is 11.7 Å². The Morgan fingerprint density at radius 3 is 2.33 bits per heavy atom. The van der Waals surface area contributed by atoms with Gasteiger partial charge < -0.3 is 36.4 Å². The van der Waals surface area contributed by atoms with Gasteiger partial charge in [0.05, 0.1) is 12.5 Å². The van der Waals surface area contributed by atoms with E-state index in [4.69, 9.17) is 10.5 Å². The average Bonchev–Trinajstić information content (AvgIpc) is 3.49. The van der Waals surface area contributed by atoms with E-state index in [1.54, 1.807) is 36.4 Å². The number of ether oxygens (including phenoxy) is 1. The number of fused-ring (bicyclic) bond motifs is 2. The van der Waals surface area contributed by atoms with Gasteiger partial charge in [-0.25, -0.2) is 0 Å². The topological polar surface area (TPSA) is 180 Å². The summed E-state index contributed by atoms with van der Waals surface area (Å²) in [6.45, 7) is 5.17. The smallest absolute Gasteiger partial charge is 0.258 e. The Kier molecular flexibility index (Phi) is 12.0. The average molecular weight is 700 g/mol. The number of rotatable bonds is 13. The molecule has 1 saturated carbocycles. The third kappa shape index (κ3) is 9.63. The lowest BCUT2D eigenvalue weighted by atomic mass is 9.84. The highest BCUT2D eigenvalue weighted by atomic mass is 16.5. The second-order valence-electron chi connectivity index (χ2n) is 14.7. The molecule has 0 radical (unpaired) electrons. The number of amides is 5. The number of aliphatic hydroxyl groups is 1. The van der Waals surface area contributed by atoms with Crippen LogP contribution in [0.4, 0.5) is 0 Å². The fourth-order valence-corrected chi connectivity index (χ4v) is 7.29. The van der Waals surface area contributed by atoms with Crippen molar-refractivity contribution in [1.82, 2.24) is 20.9 Å². The van der Waals surface area contributed by atoms with Crippen LogP contribution in [-0.2, 0) is 30.4 Å². The minimum absolute atomic E-state index is 0.0572. The summed E-state index contributed by atoms with van der Waals surface area (Å²) in [7, 11) is 0. The maximum absolute atomic E-state index is 14.3. The van der Waals surface area contributed by atoms with E-state index in [-0.39, 0.29) is 24.3 Å². The molecule has 51 heavy (non-hydrogen) atoms. The van der Waals surface area contributed by atoms with Gasteiger partial charge in [-0.05, 0) is 69.4 Å². The number of hydrogen-bond acceptors (Lipinski definition) is 7. The van der Waals surface area contributed by atoms with Gasteiger partial charge in [-0.15, -0.1) is 0 Å². The summed E-state index contributed by atoms with van der Waals surface area (Å²) in [5.41, 5.74) is 5.68. The van der Waals surface area contributed by atoms with E-state index in [2.05, 4.69) is 16.0 Å². The van der Waals surface area contributed by atoms with E-state index >= 15 is 0 Å². The second-order valence-corrected chi connectivity index (χ2v) is 14.7. The Hall–Kier alpha value is -4.97. The summed E-state index contributed by atoms with van der Waals surface area (Å²) in [4.78, 5) is 68.3. The van der Waals surface area contributed by atoms with Gasteiger partial charge in [0.25, 0.3) is 11.8 Å². The number of benzene rings is 3. The molecule has 3 aromatic carbocycles. The monoisotopic (exact) mass is 699 g/mol. The van der Waals surface area contributed by atoms with Crippen LogP contribution in [0.3, 0.4) is 0 Å². The lowest BCUT2D eigenvalue weighted by Gasteiger charge is -2.37. The van der Waals surface area contributed by atoms with Crippen molar-refractivity contribution in [3.63, 3.8) is 0 Å². The largest absolute Gasteiger partial charge is 0.483 e. The predicted molar refractivity (Wildman–Crippen MR) is 192 cm³/mol. The minimum Gasteiger partial charge on any atom is -0.483 e. The quantitative estimate of drug-likeness (QED) is 0.182. The van der Waals surface area contributed by atoms with Gasteiger partial charge in [-0.1, -0.05) is 79.6 Å². The van der Waals surface area contributed by atoms with Crippen LogP contribution >= 0.6 is 0 Å². The molecule has 2 fully saturated rings. The molecule has 1 saturated heterocycles. The van der Waals surface area contributed by atoms with Crippen molar-refractivity contribution in [2.75, 3.05) is 6.61 Å². The summed E-state index contributed by atoms with van der Waals surface area (Å²) >= 11 is 0. The van der Waals surface area contributed by atoms with Gasteiger partial charge in [0.2, 0.25) is 17.7 Å². The first-order valence-electron chi connectivity index (χ1n) is 17.7. The van der Waals surface area contributed by atoms with Crippen LogP contribution in [0.1, 0.15) is 64.9 Å². The van der Waals surface area contributed by atoms with E-state index in [0.717, 1.165) is 35.6 Å². The fourth-order valence-electron chi connectivity index (χ4n) is 7.29. The molecule has 5 amide bonds. The molecule has 6 N–H and O–H groups in total. The molecule has 0 aromatic heterocycles. The van der Waals surface area contributed by atoms with E-state index in [9.17, 15) is 29.1 Å². The normalized spacial score (nSPS) is 20.4. The molecule has 0 bridgehead atoms. The van der Waals surface area contributed by atoms with Crippen molar-refractivity contribution in [1.29, 1.82) is 0 Å². The van der Waals surface area contributed by atoms with Crippen LogP contribution in [0, 0.1) is 5.92 Å². The summed E-state index contributed by atoms with van der Waals surface area (Å²) < 4.78 is 5.77. The number of nitrogens with one attached hydrogen (secondary N) is 3. The summed E-state index contributed by atoms with van der Waals surface area (Å²) in [5, 5.41) is 21.8. The number of hydrogen-bond donors (Lipinski definition) is 5. The molecule has 12 heteroatoms. The molecule has 6 atom stereocenters. The maximum atomic E-state index is 14.3. The third-order valence-electron chi connectivity index (χ3n) is 9.57. The Morgan fingerprint density at radius 1 is 0.922 bits per heavy atom. The van der Waals surface area contributed by atoms with Crippen molar-refractivity contribution in [3.8, 4) is 5.75 Å².